The van der Waals surface area contributed by atoms with E-state index in [2.05, 4.69) is 38.6 Å². The summed E-state index contributed by atoms with van der Waals surface area (Å²) in [5, 5.41) is 10.9. The van der Waals surface area contributed by atoms with Gasteiger partial charge in [0, 0.05) is 48.8 Å². The smallest absolute Gasteiger partial charge is 0.406 e. The Balaban J connectivity index is 1.73. The van der Waals surface area contributed by atoms with E-state index in [0.717, 1.165) is 73.0 Å². The molecule has 2 heterocycles. The van der Waals surface area contributed by atoms with Gasteiger partial charge in [-0.15, -0.1) is 13.2 Å². The molecule has 0 spiro atoms. The van der Waals surface area contributed by atoms with Crippen molar-refractivity contribution in [3.63, 3.8) is 0 Å². The van der Waals surface area contributed by atoms with Crippen molar-refractivity contribution < 1.29 is 23.0 Å². The van der Waals surface area contributed by atoms with Gasteiger partial charge in [0.25, 0.3) is 0 Å². The number of aliphatic hydroxyl groups excluding tert-OH is 1. The molecule has 184 valence electrons. The SMILES string of the molecule is CCc1cc(OC(F)(F)F)ccc1-c1cn(CCCN)c2ccc(CN3CCC(O)CC3)cc12. The third kappa shape index (κ3) is 5.74. The van der Waals surface area contributed by atoms with E-state index in [9.17, 15) is 18.3 Å². The van der Waals surface area contributed by atoms with Crippen LogP contribution in [-0.4, -0.2) is 46.7 Å². The molecule has 0 saturated carbocycles. The van der Waals surface area contributed by atoms with Gasteiger partial charge in [0.15, 0.2) is 0 Å². The van der Waals surface area contributed by atoms with Gasteiger partial charge in [0.1, 0.15) is 5.75 Å². The molecule has 3 aromatic rings. The molecule has 4 rings (SSSR count). The molecule has 1 aliphatic rings. The summed E-state index contributed by atoms with van der Waals surface area (Å²) < 4.78 is 44.5. The van der Waals surface area contributed by atoms with Crippen LogP contribution in [0.1, 0.15) is 37.3 Å². The Kier molecular flexibility index (Phi) is 7.50. The summed E-state index contributed by atoms with van der Waals surface area (Å²) in [5.74, 6) is -0.201. The predicted octanol–water partition coefficient (Wildman–Crippen LogP) is 5.07. The number of nitrogens with zero attached hydrogens (tertiary/aromatic N) is 2. The standard InChI is InChI=1S/C26H32F3N3O2/c1-2-19-15-21(34-26(27,28)29)5-6-22(19)24-17-32(11-3-10-30)25-7-4-18(14-23(24)25)16-31-12-8-20(33)9-13-31/h4-7,14-15,17,20,33H,2-3,8-13,16,30H2,1H3. The predicted molar refractivity (Wildman–Crippen MR) is 128 cm³/mol. The highest BCUT2D eigenvalue weighted by Crippen LogP contribution is 2.36. The van der Waals surface area contributed by atoms with Crippen LogP contribution in [0.3, 0.4) is 0 Å². The lowest BCUT2D eigenvalue weighted by Crippen LogP contribution is -2.35. The molecule has 0 radical (unpaired) electrons. The fourth-order valence-electron chi connectivity index (χ4n) is 4.76. The molecule has 2 aromatic carbocycles. The second-order valence-electron chi connectivity index (χ2n) is 8.96. The molecule has 0 unspecified atom stereocenters. The number of hydrogen-bond donors (Lipinski definition) is 2. The minimum absolute atomic E-state index is 0.201. The zero-order valence-electron chi connectivity index (χ0n) is 19.4. The molecule has 3 N–H and O–H groups in total. The molecule has 1 fully saturated rings. The van der Waals surface area contributed by atoms with Gasteiger partial charge in [0.05, 0.1) is 6.10 Å². The minimum Gasteiger partial charge on any atom is -0.406 e. The summed E-state index contributed by atoms with van der Waals surface area (Å²) in [4.78, 5) is 2.35. The first-order chi connectivity index (χ1) is 16.3. The molecule has 1 aliphatic heterocycles. The second-order valence-corrected chi connectivity index (χ2v) is 8.96. The Labute approximate surface area is 197 Å². The zero-order valence-corrected chi connectivity index (χ0v) is 19.4. The summed E-state index contributed by atoms with van der Waals surface area (Å²) in [7, 11) is 0. The number of benzene rings is 2. The van der Waals surface area contributed by atoms with Crippen LogP contribution in [0, 0.1) is 0 Å². The van der Waals surface area contributed by atoms with Gasteiger partial charge >= 0.3 is 6.36 Å². The topological polar surface area (TPSA) is 63.7 Å². The van der Waals surface area contributed by atoms with Crippen molar-refractivity contribution in [1.29, 1.82) is 0 Å². The summed E-state index contributed by atoms with van der Waals surface area (Å²) >= 11 is 0. The van der Waals surface area contributed by atoms with Crippen molar-refractivity contribution in [1.82, 2.24) is 9.47 Å². The van der Waals surface area contributed by atoms with Crippen molar-refractivity contribution in [2.75, 3.05) is 19.6 Å². The Morgan fingerprint density at radius 2 is 1.85 bits per heavy atom. The van der Waals surface area contributed by atoms with Crippen LogP contribution in [0.25, 0.3) is 22.0 Å². The monoisotopic (exact) mass is 475 g/mol. The molecule has 0 aliphatic carbocycles. The number of likely N-dealkylation sites (tertiary alicyclic amines) is 1. The fourth-order valence-corrected chi connectivity index (χ4v) is 4.76. The maximum absolute atomic E-state index is 12.7. The molecule has 1 saturated heterocycles. The van der Waals surface area contributed by atoms with E-state index < -0.39 is 6.36 Å². The number of aryl methyl sites for hydroxylation is 2. The van der Waals surface area contributed by atoms with Crippen molar-refractivity contribution in [2.24, 2.45) is 5.73 Å². The Bertz CT molecular complexity index is 1120. The van der Waals surface area contributed by atoms with Crippen molar-refractivity contribution in [2.45, 2.75) is 58.2 Å². The van der Waals surface area contributed by atoms with Gasteiger partial charge in [-0.2, -0.15) is 0 Å². The number of halogens is 3. The maximum Gasteiger partial charge on any atom is 0.573 e. The van der Waals surface area contributed by atoms with Crippen LogP contribution in [0.5, 0.6) is 5.75 Å². The Hall–Kier alpha value is -2.55. The van der Waals surface area contributed by atoms with Gasteiger partial charge in [-0.05, 0) is 73.2 Å². The Morgan fingerprint density at radius 3 is 2.53 bits per heavy atom. The molecule has 34 heavy (non-hydrogen) atoms. The van der Waals surface area contributed by atoms with Crippen LogP contribution in [0.15, 0.2) is 42.6 Å². The summed E-state index contributed by atoms with van der Waals surface area (Å²) in [6, 6.07) is 11.0. The molecular formula is C26H32F3N3O2. The quantitative estimate of drug-likeness (QED) is 0.477. The average Bonchev–Trinajstić information content (AvgIpc) is 3.15. The minimum atomic E-state index is -4.72. The Morgan fingerprint density at radius 1 is 1.09 bits per heavy atom. The van der Waals surface area contributed by atoms with Gasteiger partial charge in [0.2, 0.25) is 0 Å². The first kappa shape index (κ1) is 24.6. The highest BCUT2D eigenvalue weighted by atomic mass is 19.4. The molecule has 0 atom stereocenters. The number of ether oxygens (including phenoxy) is 1. The fraction of sp³-hybridized carbons (Fsp3) is 0.462. The van der Waals surface area contributed by atoms with Gasteiger partial charge in [-0.25, -0.2) is 0 Å². The van der Waals surface area contributed by atoms with E-state index in [1.54, 1.807) is 6.07 Å². The highest BCUT2D eigenvalue weighted by Gasteiger charge is 2.31. The van der Waals surface area contributed by atoms with E-state index >= 15 is 0 Å². The highest BCUT2D eigenvalue weighted by molar-refractivity contribution is 5.97. The number of alkyl halides is 3. The largest absolute Gasteiger partial charge is 0.573 e. The number of rotatable bonds is 8. The second kappa shape index (κ2) is 10.4. The average molecular weight is 476 g/mol. The number of piperidine rings is 1. The number of hydrogen-bond acceptors (Lipinski definition) is 4. The van der Waals surface area contributed by atoms with Crippen LogP contribution < -0.4 is 10.5 Å². The number of aliphatic hydroxyl groups is 1. The van der Waals surface area contributed by atoms with Crippen LogP contribution in [0.4, 0.5) is 13.2 Å². The normalized spacial score (nSPS) is 15.8. The van der Waals surface area contributed by atoms with E-state index in [-0.39, 0.29) is 11.9 Å². The van der Waals surface area contributed by atoms with E-state index in [0.29, 0.717) is 13.0 Å². The van der Waals surface area contributed by atoms with E-state index in [1.807, 2.05) is 6.92 Å². The van der Waals surface area contributed by atoms with Crippen molar-refractivity contribution in [3.05, 3.63) is 53.7 Å². The molecule has 1 aromatic heterocycles. The lowest BCUT2D eigenvalue weighted by molar-refractivity contribution is -0.274. The third-order valence-corrected chi connectivity index (χ3v) is 6.49. The lowest BCUT2D eigenvalue weighted by Gasteiger charge is -2.29. The first-order valence-corrected chi connectivity index (χ1v) is 11.9. The molecule has 8 heteroatoms. The third-order valence-electron chi connectivity index (χ3n) is 6.49. The summed E-state index contributed by atoms with van der Waals surface area (Å²) in [6.07, 6.45) is 0.142. The van der Waals surface area contributed by atoms with Crippen LogP contribution >= 0.6 is 0 Å². The number of nitrogens with two attached hydrogens (primary N) is 1. The van der Waals surface area contributed by atoms with Crippen LogP contribution in [0.2, 0.25) is 0 Å². The number of fused-ring (bicyclic) bond motifs is 1. The van der Waals surface area contributed by atoms with Gasteiger partial charge in [-0.1, -0.05) is 19.1 Å². The molecular weight excluding hydrogens is 443 g/mol. The molecule has 0 amide bonds. The van der Waals surface area contributed by atoms with Crippen molar-refractivity contribution in [3.8, 4) is 16.9 Å². The first-order valence-electron chi connectivity index (χ1n) is 11.9. The van der Waals surface area contributed by atoms with Gasteiger partial charge < -0.3 is 20.1 Å². The van der Waals surface area contributed by atoms with Crippen molar-refractivity contribution >= 4 is 10.9 Å². The van der Waals surface area contributed by atoms with Gasteiger partial charge in [-0.3, -0.25) is 4.90 Å². The lowest BCUT2D eigenvalue weighted by atomic mass is 9.96. The zero-order chi connectivity index (χ0) is 24.3. The summed E-state index contributed by atoms with van der Waals surface area (Å²) in [5.41, 5.74) is 10.7. The number of aromatic nitrogens is 1. The molecule has 0 bridgehead atoms. The van der Waals surface area contributed by atoms with E-state index in [1.165, 1.54) is 17.7 Å². The van der Waals surface area contributed by atoms with Crippen LogP contribution in [-0.2, 0) is 19.5 Å². The maximum atomic E-state index is 12.7. The van der Waals surface area contributed by atoms with E-state index in [4.69, 9.17) is 5.73 Å². The molecule has 5 nitrogen and oxygen atoms in total. The summed E-state index contributed by atoms with van der Waals surface area (Å²) in [6.45, 7) is 5.81.